The second-order valence-corrected chi connectivity index (χ2v) is 7.08. The first-order valence-electron chi connectivity index (χ1n) is 8.59. The van der Waals surface area contributed by atoms with E-state index in [0.717, 1.165) is 26.1 Å². The summed E-state index contributed by atoms with van der Waals surface area (Å²) in [6, 6.07) is 6.41. The van der Waals surface area contributed by atoms with Gasteiger partial charge in [0.15, 0.2) is 0 Å². The first kappa shape index (κ1) is 16.9. The molecule has 0 saturated heterocycles. The second-order valence-electron chi connectivity index (χ2n) is 6.36. The van der Waals surface area contributed by atoms with Gasteiger partial charge >= 0.3 is 0 Å². The topological polar surface area (TPSA) is 75.9 Å². The first-order valence-corrected chi connectivity index (χ1v) is 9.54. The van der Waals surface area contributed by atoms with Gasteiger partial charge in [0.05, 0.1) is 17.2 Å². The van der Waals surface area contributed by atoms with E-state index in [-0.39, 0.29) is 11.9 Å². The lowest BCUT2D eigenvalue weighted by atomic mass is 10.1. The van der Waals surface area contributed by atoms with Crippen LogP contribution in [0.25, 0.3) is 0 Å². The highest BCUT2D eigenvalue weighted by Crippen LogP contribution is 2.24. The number of hydrogen-bond acceptors (Lipinski definition) is 6. The van der Waals surface area contributed by atoms with Crippen molar-refractivity contribution >= 4 is 17.2 Å². The number of aromatic nitrogens is 4. The average molecular weight is 368 g/mol. The largest absolute Gasteiger partial charge is 0.351 e. The molecule has 0 aromatic carbocycles. The van der Waals surface area contributed by atoms with E-state index >= 15 is 0 Å². The molecule has 3 aromatic rings. The molecule has 1 aliphatic rings. The molecule has 3 aromatic heterocycles. The smallest absolute Gasteiger partial charge is 0.270 e. The normalized spacial score (nSPS) is 17.0. The van der Waals surface area contributed by atoms with Crippen molar-refractivity contribution in [1.29, 1.82) is 0 Å². The standard InChI is InChI=1S/C18H20N6OS/c25-18(17-12-26-13-21-17)20-7-3-15-10-23(9-14-1-5-19-6-2-14)11-16-4-8-22-24(15)16/h1-2,4-6,8,12-13,15H,3,7,9-11H2,(H,20,25)/t15-/m0/s1. The Morgan fingerprint density at radius 2 is 2.15 bits per heavy atom. The summed E-state index contributed by atoms with van der Waals surface area (Å²) in [5.41, 5.74) is 4.62. The summed E-state index contributed by atoms with van der Waals surface area (Å²) < 4.78 is 2.10. The number of amides is 1. The molecule has 134 valence electrons. The number of fused-ring (bicyclic) bond motifs is 1. The van der Waals surface area contributed by atoms with E-state index in [1.807, 2.05) is 18.6 Å². The second kappa shape index (κ2) is 7.76. The molecule has 0 unspecified atom stereocenters. The molecular weight excluding hydrogens is 348 g/mol. The summed E-state index contributed by atoms with van der Waals surface area (Å²) in [6.07, 6.45) is 6.34. The van der Waals surface area contributed by atoms with Gasteiger partial charge in [0, 0.05) is 50.1 Å². The number of pyridine rings is 1. The molecule has 8 heteroatoms. The van der Waals surface area contributed by atoms with Crippen LogP contribution >= 0.6 is 11.3 Å². The molecule has 4 rings (SSSR count). The summed E-state index contributed by atoms with van der Waals surface area (Å²) in [4.78, 5) is 22.6. The van der Waals surface area contributed by atoms with E-state index in [9.17, 15) is 4.79 Å². The highest BCUT2D eigenvalue weighted by molar-refractivity contribution is 7.07. The summed E-state index contributed by atoms with van der Waals surface area (Å²) in [7, 11) is 0. The van der Waals surface area contributed by atoms with Gasteiger partial charge in [-0.2, -0.15) is 5.10 Å². The molecule has 0 bridgehead atoms. The van der Waals surface area contributed by atoms with Crippen molar-refractivity contribution in [2.75, 3.05) is 13.1 Å². The molecule has 0 radical (unpaired) electrons. The molecule has 26 heavy (non-hydrogen) atoms. The molecule has 0 spiro atoms. The van der Waals surface area contributed by atoms with E-state index < -0.39 is 0 Å². The monoisotopic (exact) mass is 368 g/mol. The quantitative estimate of drug-likeness (QED) is 0.721. The lowest BCUT2D eigenvalue weighted by molar-refractivity contribution is 0.0942. The molecule has 4 heterocycles. The molecule has 1 atom stereocenters. The van der Waals surface area contributed by atoms with Crippen molar-refractivity contribution in [3.8, 4) is 0 Å². The van der Waals surface area contributed by atoms with Gasteiger partial charge in [-0.05, 0) is 30.2 Å². The third-order valence-corrected chi connectivity index (χ3v) is 5.12. The van der Waals surface area contributed by atoms with E-state index in [2.05, 4.69) is 48.2 Å². The summed E-state index contributed by atoms with van der Waals surface area (Å²) in [5.74, 6) is -0.114. The molecular formula is C18H20N6OS. The van der Waals surface area contributed by atoms with Crippen molar-refractivity contribution in [3.63, 3.8) is 0 Å². The highest BCUT2D eigenvalue weighted by Gasteiger charge is 2.25. The number of carbonyl (C=O) groups is 1. The lowest BCUT2D eigenvalue weighted by Crippen LogP contribution is -2.39. The van der Waals surface area contributed by atoms with E-state index in [0.29, 0.717) is 12.2 Å². The van der Waals surface area contributed by atoms with Gasteiger partial charge < -0.3 is 5.32 Å². The van der Waals surface area contributed by atoms with Crippen LogP contribution < -0.4 is 5.32 Å². The maximum Gasteiger partial charge on any atom is 0.270 e. The molecule has 7 nitrogen and oxygen atoms in total. The fourth-order valence-corrected chi connectivity index (χ4v) is 3.84. The van der Waals surface area contributed by atoms with Crippen molar-refractivity contribution in [3.05, 3.63) is 64.6 Å². The Kier molecular flexibility index (Phi) is 5.03. The van der Waals surface area contributed by atoms with E-state index in [1.54, 1.807) is 10.9 Å². The molecule has 1 aliphatic heterocycles. The van der Waals surface area contributed by atoms with Crippen LogP contribution in [0.1, 0.15) is 34.2 Å². The SMILES string of the molecule is O=C(NCC[C@H]1CN(Cc2ccncc2)Cc2ccnn21)c1cscn1. The third kappa shape index (κ3) is 3.81. The molecule has 1 N–H and O–H groups in total. The lowest BCUT2D eigenvalue weighted by Gasteiger charge is -2.34. The Bertz CT molecular complexity index is 848. The van der Waals surface area contributed by atoms with Crippen LogP contribution in [0.2, 0.25) is 0 Å². The van der Waals surface area contributed by atoms with Gasteiger partial charge in [-0.1, -0.05) is 0 Å². The molecule has 1 amide bonds. The Morgan fingerprint density at radius 3 is 2.96 bits per heavy atom. The molecule has 0 fully saturated rings. The zero-order chi connectivity index (χ0) is 17.8. The van der Waals surface area contributed by atoms with Crippen molar-refractivity contribution in [1.82, 2.24) is 30.0 Å². The summed E-state index contributed by atoms with van der Waals surface area (Å²) in [6.45, 7) is 3.27. The number of carbonyl (C=O) groups excluding carboxylic acids is 1. The van der Waals surface area contributed by atoms with E-state index in [4.69, 9.17) is 0 Å². The Labute approximate surface area is 155 Å². The fraction of sp³-hybridized carbons (Fsp3) is 0.333. The van der Waals surface area contributed by atoms with Crippen LogP contribution in [0, 0.1) is 0 Å². The number of thiazole rings is 1. The average Bonchev–Trinajstić information content (AvgIpc) is 3.34. The van der Waals surface area contributed by atoms with Gasteiger partial charge in [0.2, 0.25) is 0 Å². The Balaban J connectivity index is 1.38. The van der Waals surface area contributed by atoms with Crippen LogP contribution in [0.15, 0.2) is 47.7 Å². The zero-order valence-corrected chi connectivity index (χ0v) is 15.1. The number of hydrogen-bond donors (Lipinski definition) is 1. The van der Waals surface area contributed by atoms with Crippen molar-refractivity contribution in [2.45, 2.75) is 25.6 Å². The predicted octanol–water partition coefficient (Wildman–Crippen LogP) is 2.11. The predicted molar refractivity (Wildman–Crippen MR) is 98.7 cm³/mol. The highest BCUT2D eigenvalue weighted by atomic mass is 32.1. The third-order valence-electron chi connectivity index (χ3n) is 4.54. The van der Waals surface area contributed by atoms with Crippen LogP contribution in [0.3, 0.4) is 0 Å². The summed E-state index contributed by atoms with van der Waals surface area (Å²) in [5, 5.41) is 9.20. The minimum Gasteiger partial charge on any atom is -0.351 e. The van der Waals surface area contributed by atoms with Crippen molar-refractivity contribution in [2.24, 2.45) is 0 Å². The van der Waals surface area contributed by atoms with Gasteiger partial charge in [-0.3, -0.25) is 19.4 Å². The number of nitrogens with one attached hydrogen (secondary N) is 1. The maximum absolute atomic E-state index is 12.0. The van der Waals surface area contributed by atoms with Gasteiger partial charge in [-0.15, -0.1) is 11.3 Å². The molecule has 0 saturated carbocycles. The van der Waals surface area contributed by atoms with Crippen molar-refractivity contribution < 1.29 is 4.79 Å². The fourth-order valence-electron chi connectivity index (χ4n) is 3.31. The maximum atomic E-state index is 12.0. The van der Waals surface area contributed by atoms with Gasteiger partial charge in [-0.25, -0.2) is 4.98 Å². The number of nitrogens with zero attached hydrogens (tertiary/aromatic N) is 5. The number of rotatable bonds is 6. The summed E-state index contributed by atoms with van der Waals surface area (Å²) >= 11 is 1.43. The van der Waals surface area contributed by atoms with Gasteiger partial charge in [0.1, 0.15) is 5.69 Å². The van der Waals surface area contributed by atoms with E-state index in [1.165, 1.54) is 22.6 Å². The zero-order valence-electron chi connectivity index (χ0n) is 14.3. The molecule has 0 aliphatic carbocycles. The minimum atomic E-state index is -0.114. The van der Waals surface area contributed by atoms with Crippen LogP contribution in [0.5, 0.6) is 0 Å². The first-order chi connectivity index (χ1) is 12.8. The van der Waals surface area contributed by atoms with Crippen LogP contribution in [0.4, 0.5) is 0 Å². The Morgan fingerprint density at radius 1 is 1.27 bits per heavy atom. The van der Waals surface area contributed by atoms with Gasteiger partial charge in [0.25, 0.3) is 5.91 Å². The van der Waals surface area contributed by atoms with Crippen LogP contribution in [-0.2, 0) is 13.1 Å². The van der Waals surface area contributed by atoms with Crippen LogP contribution in [-0.4, -0.2) is 43.6 Å². The Hall–Kier alpha value is -2.58. The minimum absolute atomic E-state index is 0.114.